The van der Waals surface area contributed by atoms with Crippen LogP contribution in [-0.4, -0.2) is 15.0 Å². The van der Waals surface area contributed by atoms with E-state index in [1.165, 1.54) is 12.8 Å². The molecule has 1 aromatic rings. The molecule has 0 aromatic heterocycles. The maximum atomic E-state index is 11.9. The first-order valence-electron chi connectivity index (χ1n) is 7.02. The normalized spacial score (nSPS) is 10.9. The van der Waals surface area contributed by atoms with E-state index >= 15 is 0 Å². The van der Waals surface area contributed by atoms with Gasteiger partial charge in [-0.1, -0.05) is 37.5 Å². The topological polar surface area (TPSA) is 46.2 Å². The van der Waals surface area contributed by atoms with E-state index < -0.39 is 10.0 Å². The lowest BCUT2D eigenvalue weighted by Crippen LogP contribution is -2.23. The van der Waals surface area contributed by atoms with Crippen molar-refractivity contribution in [3.8, 4) is 0 Å². The summed E-state index contributed by atoms with van der Waals surface area (Å²) in [5, 5.41) is 0. The molecule has 0 aliphatic carbocycles. The molecule has 1 rings (SSSR count). The van der Waals surface area contributed by atoms with Crippen molar-refractivity contribution in [2.75, 3.05) is 6.54 Å². The number of hydrogen-bond donors (Lipinski definition) is 1. The van der Waals surface area contributed by atoms with Crippen LogP contribution in [-0.2, 0) is 10.0 Å². The van der Waals surface area contributed by atoms with Crippen LogP contribution in [0.1, 0.15) is 38.2 Å². The third kappa shape index (κ3) is 6.20. The van der Waals surface area contributed by atoms with E-state index in [2.05, 4.69) is 17.4 Å². The zero-order valence-electron chi connectivity index (χ0n) is 12.2. The Morgan fingerprint density at radius 2 is 1.85 bits per heavy atom. The molecule has 0 heterocycles. The Morgan fingerprint density at radius 1 is 1.15 bits per heavy atom. The first kappa shape index (κ1) is 16.7. The summed E-state index contributed by atoms with van der Waals surface area (Å²) >= 11 is 0. The first-order chi connectivity index (χ1) is 9.56. The highest BCUT2D eigenvalue weighted by molar-refractivity contribution is 7.89. The first-order valence-corrected chi connectivity index (χ1v) is 8.50. The van der Waals surface area contributed by atoms with Crippen LogP contribution < -0.4 is 4.72 Å². The van der Waals surface area contributed by atoms with Gasteiger partial charge in [0.25, 0.3) is 0 Å². The number of hydrogen-bond acceptors (Lipinski definition) is 2. The predicted octanol–water partition coefficient (Wildman–Crippen LogP) is 3.56. The molecule has 0 fully saturated rings. The van der Waals surface area contributed by atoms with Crippen LogP contribution in [0.25, 0.3) is 0 Å². The van der Waals surface area contributed by atoms with Gasteiger partial charge in [-0.05, 0) is 44.1 Å². The third-order valence-electron chi connectivity index (χ3n) is 2.89. The molecule has 0 atom stereocenters. The van der Waals surface area contributed by atoms with Gasteiger partial charge in [0.1, 0.15) is 0 Å². The van der Waals surface area contributed by atoms with Crippen molar-refractivity contribution in [3.63, 3.8) is 0 Å². The van der Waals surface area contributed by atoms with E-state index in [0.717, 1.165) is 18.4 Å². The van der Waals surface area contributed by atoms with E-state index in [9.17, 15) is 8.42 Å². The van der Waals surface area contributed by atoms with Gasteiger partial charge < -0.3 is 0 Å². The molecule has 0 aliphatic rings. The summed E-state index contributed by atoms with van der Waals surface area (Å²) < 4.78 is 26.4. The van der Waals surface area contributed by atoms with Crippen LogP contribution in [0.2, 0.25) is 0 Å². The van der Waals surface area contributed by atoms with Gasteiger partial charge in [-0.2, -0.15) is 0 Å². The summed E-state index contributed by atoms with van der Waals surface area (Å²) in [6.45, 7) is 4.36. The quantitative estimate of drug-likeness (QED) is 0.588. The second kappa shape index (κ2) is 8.75. The molecular formula is C16H23NO2S. The molecule has 0 bridgehead atoms. The van der Waals surface area contributed by atoms with Crippen LogP contribution in [0.3, 0.4) is 0 Å². The van der Waals surface area contributed by atoms with Crippen LogP contribution >= 0.6 is 0 Å². The number of sulfonamides is 1. The standard InChI is InChI=1S/C16H23NO2S/c1-3-4-5-6-7-8-9-14-17-20(18,19)16-12-10-15(2)11-13-16/h7,9-13,17H,3-6,14H2,1-2H3. The van der Waals surface area contributed by atoms with E-state index in [4.69, 9.17) is 0 Å². The minimum atomic E-state index is -3.41. The van der Waals surface area contributed by atoms with Crippen molar-refractivity contribution in [1.82, 2.24) is 4.72 Å². The second-order valence-corrected chi connectivity index (χ2v) is 6.50. The van der Waals surface area contributed by atoms with Crippen LogP contribution in [0.15, 0.2) is 47.0 Å². The minimum absolute atomic E-state index is 0.264. The Balaban J connectivity index is 2.44. The molecule has 3 nitrogen and oxygen atoms in total. The molecule has 1 N–H and O–H groups in total. The molecule has 0 saturated carbocycles. The fraction of sp³-hybridized carbons (Fsp3) is 0.438. The van der Waals surface area contributed by atoms with Gasteiger partial charge in [-0.3, -0.25) is 0 Å². The van der Waals surface area contributed by atoms with Gasteiger partial charge in [-0.15, -0.1) is 5.73 Å². The number of rotatable bonds is 8. The Kier molecular flexibility index (Phi) is 7.31. The maximum absolute atomic E-state index is 11.9. The van der Waals surface area contributed by atoms with Crippen LogP contribution in [0.5, 0.6) is 0 Å². The molecule has 1 aromatic carbocycles. The zero-order chi connectivity index (χ0) is 14.8. The van der Waals surface area contributed by atoms with Crippen LogP contribution in [0, 0.1) is 6.92 Å². The highest BCUT2D eigenvalue weighted by Gasteiger charge is 2.11. The van der Waals surface area contributed by atoms with Gasteiger partial charge in [0, 0.05) is 6.54 Å². The molecule has 0 unspecified atom stereocenters. The Hall–Kier alpha value is -1.35. The molecule has 0 saturated heterocycles. The largest absolute Gasteiger partial charge is 0.240 e. The average molecular weight is 293 g/mol. The Bertz CT molecular complexity index is 553. The molecule has 0 spiro atoms. The number of aryl methyl sites for hydroxylation is 1. The Labute approximate surface area is 122 Å². The highest BCUT2D eigenvalue weighted by atomic mass is 32.2. The van der Waals surface area contributed by atoms with Gasteiger partial charge in [0.2, 0.25) is 10.0 Å². The van der Waals surface area contributed by atoms with Crippen molar-refractivity contribution < 1.29 is 8.42 Å². The molecule has 0 amide bonds. The maximum Gasteiger partial charge on any atom is 0.240 e. The molecule has 0 radical (unpaired) electrons. The lowest BCUT2D eigenvalue weighted by atomic mass is 10.2. The Morgan fingerprint density at radius 3 is 2.50 bits per heavy atom. The number of nitrogens with one attached hydrogen (secondary N) is 1. The van der Waals surface area contributed by atoms with Gasteiger partial charge in [-0.25, -0.2) is 13.1 Å². The van der Waals surface area contributed by atoms with Gasteiger partial charge in [0.05, 0.1) is 4.90 Å². The molecule has 0 aliphatic heterocycles. The fourth-order valence-electron chi connectivity index (χ4n) is 1.67. The average Bonchev–Trinajstić information content (AvgIpc) is 2.42. The van der Waals surface area contributed by atoms with Crippen molar-refractivity contribution in [1.29, 1.82) is 0 Å². The monoisotopic (exact) mass is 293 g/mol. The minimum Gasteiger partial charge on any atom is -0.207 e. The lowest BCUT2D eigenvalue weighted by Gasteiger charge is -2.04. The van der Waals surface area contributed by atoms with E-state index in [-0.39, 0.29) is 6.54 Å². The van der Waals surface area contributed by atoms with Crippen molar-refractivity contribution in [2.24, 2.45) is 0 Å². The van der Waals surface area contributed by atoms with Gasteiger partial charge >= 0.3 is 0 Å². The van der Waals surface area contributed by atoms with Crippen molar-refractivity contribution >= 4 is 10.0 Å². The second-order valence-electron chi connectivity index (χ2n) is 4.74. The molecule has 20 heavy (non-hydrogen) atoms. The molecule has 110 valence electrons. The third-order valence-corrected chi connectivity index (χ3v) is 4.33. The van der Waals surface area contributed by atoms with E-state index in [1.54, 1.807) is 30.3 Å². The van der Waals surface area contributed by atoms with E-state index in [0.29, 0.717) is 4.90 Å². The summed E-state index contributed by atoms with van der Waals surface area (Å²) in [5.74, 6) is 0. The lowest BCUT2D eigenvalue weighted by molar-refractivity contribution is 0.585. The van der Waals surface area contributed by atoms with E-state index in [1.807, 2.05) is 13.0 Å². The zero-order valence-corrected chi connectivity index (χ0v) is 13.0. The van der Waals surface area contributed by atoms with Crippen molar-refractivity contribution in [3.05, 3.63) is 47.7 Å². The molecule has 4 heteroatoms. The summed E-state index contributed by atoms with van der Waals surface area (Å²) in [6.07, 6.45) is 8.24. The fourth-order valence-corrected chi connectivity index (χ4v) is 2.64. The number of unbranched alkanes of at least 4 members (excludes halogenated alkanes) is 3. The predicted molar refractivity (Wildman–Crippen MR) is 83.2 cm³/mol. The summed E-state index contributed by atoms with van der Waals surface area (Å²) in [6, 6.07) is 6.81. The number of benzene rings is 1. The summed E-state index contributed by atoms with van der Waals surface area (Å²) in [4.78, 5) is 0.295. The molecular weight excluding hydrogens is 270 g/mol. The van der Waals surface area contributed by atoms with Gasteiger partial charge in [0.15, 0.2) is 0 Å². The smallest absolute Gasteiger partial charge is 0.207 e. The van der Waals surface area contributed by atoms with Crippen molar-refractivity contribution in [2.45, 2.75) is 44.4 Å². The summed E-state index contributed by atoms with van der Waals surface area (Å²) in [7, 11) is -3.41. The van der Waals surface area contributed by atoms with Crippen LogP contribution in [0.4, 0.5) is 0 Å². The summed E-state index contributed by atoms with van der Waals surface area (Å²) in [5.41, 5.74) is 4.04. The SMILES string of the molecule is CCCCCC=C=CCNS(=O)(=O)c1ccc(C)cc1. The highest BCUT2D eigenvalue weighted by Crippen LogP contribution is 2.09.